The van der Waals surface area contributed by atoms with E-state index in [1.807, 2.05) is 0 Å². The van der Waals surface area contributed by atoms with Crippen LogP contribution in [0.1, 0.15) is 44.2 Å². The molecule has 2 rings (SSSR count). The number of benzene rings is 1. The van der Waals surface area contributed by atoms with E-state index in [9.17, 15) is 0 Å². The second-order valence-corrected chi connectivity index (χ2v) is 6.37. The van der Waals surface area contributed by atoms with Crippen molar-refractivity contribution in [1.82, 2.24) is 10.2 Å². The molecule has 0 saturated carbocycles. The molecular weight excluding hydrogens is 260 g/mol. The lowest BCUT2D eigenvalue weighted by Crippen LogP contribution is -2.58. The summed E-state index contributed by atoms with van der Waals surface area (Å²) in [4.78, 5) is 2.55. The van der Waals surface area contributed by atoms with E-state index in [1.54, 1.807) is 0 Å². The van der Waals surface area contributed by atoms with Crippen LogP contribution in [0.3, 0.4) is 0 Å². The lowest BCUT2D eigenvalue weighted by molar-refractivity contribution is 0.122. The number of ether oxygens (including phenoxy) is 1. The average molecular weight is 290 g/mol. The Morgan fingerprint density at radius 1 is 1.29 bits per heavy atom. The van der Waals surface area contributed by atoms with Gasteiger partial charge in [0.25, 0.3) is 0 Å². The van der Waals surface area contributed by atoms with Crippen LogP contribution in [0.4, 0.5) is 0 Å². The molecule has 1 fully saturated rings. The lowest BCUT2D eigenvalue weighted by atomic mass is 9.98. The molecule has 0 aromatic heterocycles. The molecule has 0 atom stereocenters. The number of nitrogens with zero attached hydrogens (tertiary/aromatic N) is 1. The molecule has 21 heavy (non-hydrogen) atoms. The molecule has 0 unspecified atom stereocenters. The van der Waals surface area contributed by atoms with Crippen molar-refractivity contribution >= 4 is 0 Å². The predicted octanol–water partition coefficient (Wildman–Crippen LogP) is 3.18. The summed E-state index contributed by atoms with van der Waals surface area (Å²) in [5, 5.41) is 3.35. The first-order valence-electron chi connectivity index (χ1n) is 8.30. The van der Waals surface area contributed by atoms with E-state index in [1.165, 1.54) is 24.1 Å². The van der Waals surface area contributed by atoms with Crippen molar-refractivity contribution in [3.05, 3.63) is 29.3 Å². The SMILES string of the molecule is CCCN(CCOc1ccc(C(C)C)c(C)c1)C1CNC1. The van der Waals surface area contributed by atoms with Gasteiger partial charge in [0.15, 0.2) is 0 Å². The first-order chi connectivity index (χ1) is 10.1. The van der Waals surface area contributed by atoms with E-state index in [4.69, 9.17) is 4.74 Å². The van der Waals surface area contributed by atoms with Crippen molar-refractivity contribution < 1.29 is 4.74 Å². The molecule has 1 aliphatic heterocycles. The third-order valence-corrected chi connectivity index (χ3v) is 4.30. The van der Waals surface area contributed by atoms with Gasteiger partial charge in [0.1, 0.15) is 12.4 Å². The van der Waals surface area contributed by atoms with Crippen LogP contribution in [0.15, 0.2) is 18.2 Å². The standard InChI is InChI=1S/C18H30N2O/c1-5-8-20(16-12-19-13-16)9-10-21-17-6-7-18(14(2)3)15(4)11-17/h6-7,11,14,16,19H,5,8-10,12-13H2,1-4H3. The summed E-state index contributed by atoms with van der Waals surface area (Å²) < 4.78 is 5.96. The Kier molecular flexibility index (Phi) is 6.07. The van der Waals surface area contributed by atoms with Gasteiger partial charge >= 0.3 is 0 Å². The van der Waals surface area contributed by atoms with E-state index in [-0.39, 0.29) is 0 Å². The van der Waals surface area contributed by atoms with E-state index < -0.39 is 0 Å². The highest BCUT2D eigenvalue weighted by Crippen LogP contribution is 2.23. The highest BCUT2D eigenvalue weighted by atomic mass is 16.5. The monoisotopic (exact) mass is 290 g/mol. The molecule has 1 N–H and O–H groups in total. The number of rotatable bonds is 8. The fourth-order valence-electron chi connectivity index (χ4n) is 2.96. The molecular formula is C18H30N2O. The Balaban J connectivity index is 1.83. The van der Waals surface area contributed by atoms with Crippen LogP contribution < -0.4 is 10.1 Å². The van der Waals surface area contributed by atoms with E-state index in [0.29, 0.717) is 12.0 Å². The maximum atomic E-state index is 5.96. The number of hydrogen-bond acceptors (Lipinski definition) is 3. The Labute approximate surface area is 129 Å². The highest BCUT2D eigenvalue weighted by Gasteiger charge is 2.23. The van der Waals surface area contributed by atoms with Gasteiger partial charge in [-0.3, -0.25) is 4.90 Å². The quantitative estimate of drug-likeness (QED) is 0.796. The van der Waals surface area contributed by atoms with Gasteiger partial charge in [0, 0.05) is 25.7 Å². The third-order valence-electron chi connectivity index (χ3n) is 4.30. The van der Waals surface area contributed by atoms with Crippen LogP contribution in [0.5, 0.6) is 5.75 Å². The van der Waals surface area contributed by atoms with E-state index in [0.717, 1.165) is 32.0 Å². The van der Waals surface area contributed by atoms with Crippen molar-refractivity contribution in [2.24, 2.45) is 0 Å². The largest absolute Gasteiger partial charge is 0.492 e. The van der Waals surface area contributed by atoms with Crippen molar-refractivity contribution in [2.45, 2.75) is 46.1 Å². The summed E-state index contributed by atoms with van der Waals surface area (Å²) >= 11 is 0. The fraction of sp³-hybridized carbons (Fsp3) is 0.667. The van der Waals surface area contributed by atoms with Crippen LogP contribution in [-0.4, -0.2) is 43.7 Å². The van der Waals surface area contributed by atoms with Crippen LogP contribution in [0.2, 0.25) is 0 Å². The molecule has 3 nitrogen and oxygen atoms in total. The van der Waals surface area contributed by atoms with Crippen molar-refractivity contribution in [2.75, 3.05) is 32.8 Å². The fourth-order valence-corrected chi connectivity index (χ4v) is 2.96. The maximum absolute atomic E-state index is 5.96. The molecule has 0 spiro atoms. The minimum absolute atomic E-state index is 0.574. The average Bonchev–Trinajstić information content (AvgIpc) is 2.36. The molecule has 0 bridgehead atoms. The Bertz CT molecular complexity index is 441. The van der Waals surface area contributed by atoms with Crippen LogP contribution >= 0.6 is 0 Å². The Morgan fingerprint density at radius 3 is 2.57 bits per heavy atom. The van der Waals surface area contributed by atoms with Gasteiger partial charge in [-0.15, -0.1) is 0 Å². The minimum atomic E-state index is 0.574. The number of hydrogen-bond donors (Lipinski definition) is 1. The predicted molar refractivity (Wildman–Crippen MR) is 89.3 cm³/mol. The van der Waals surface area contributed by atoms with Crippen LogP contribution in [-0.2, 0) is 0 Å². The normalized spacial score (nSPS) is 15.5. The van der Waals surface area contributed by atoms with Gasteiger partial charge in [-0.05, 0) is 49.1 Å². The van der Waals surface area contributed by atoms with Crippen LogP contribution in [0, 0.1) is 6.92 Å². The highest BCUT2D eigenvalue weighted by molar-refractivity contribution is 5.36. The third kappa shape index (κ3) is 4.45. The molecule has 0 amide bonds. The van der Waals surface area contributed by atoms with Gasteiger partial charge in [0.05, 0.1) is 0 Å². The first kappa shape index (κ1) is 16.3. The van der Waals surface area contributed by atoms with E-state index >= 15 is 0 Å². The maximum Gasteiger partial charge on any atom is 0.119 e. The summed E-state index contributed by atoms with van der Waals surface area (Å²) in [5.74, 6) is 1.57. The summed E-state index contributed by atoms with van der Waals surface area (Å²) in [7, 11) is 0. The lowest BCUT2D eigenvalue weighted by Gasteiger charge is -2.38. The molecule has 1 aromatic carbocycles. The van der Waals surface area contributed by atoms with Gasteiger partial charge in [-0.2, -0.15) is 0 Å². The van der Waals surface area contributed by atoms with Crippen molar-refractivity contribution in [3.63, 3.8) is 0 Å². The second-order valence-electron chi connectivity index (χ2n) is 6.37. The summed E-state index contributed by atoms with van der Waals surface area (Å²) in [6, 6.07) is 7.19. The first-order valence-corrected chi connectivity index (χ1v) is 8.30. The summed E-state index contributed by atoms with van der Waals surface area (Å²) in [6.45, 7) is 14.1. The molecule has 1 saturated heterocycles. The van der Waals surface area contributed by atoms with E-state index in [2.05, 4.69) is 56.1 Å². The number of aryl methyl sites for hydroxylation is 1. The van der Waals surface area contributed by atoms with Gasteiger partial charge < -0.3 is 10.1 Å². The van der Waals surface area contributed by atoms with Gasteiger partial charge in [-0.25, -0.2) is 0 Å². The number of nitrogens with one attached hydrogen (secondary N) is 1. The van der Waals surface area contributed by atoms with Gasteiger partial charge in [0.2, 0.25) is 0 Å². The second kappa shape index (κ2) is 7.81. The van der Waals surface area contributed by atoms with Gasteiger partial charge in [-0.1, -0.05) is 26.8 Å². The Morgan fingerprint density at radius 2 is 2.05 bits per heavy atom. The molecule has 1 heterocycles. The van der Waals surface area contributed by atoms with Crippen LogP contribution in [0.25, 0.3) is 0 Å². The van der Waals surface area contributed by atoms with Crippen molar-refractivity contribution in [3.8, 4) is 5.75 Å². The molecule has 1 aromatic rings. The zero-order chi connectivity index (χ0) is 15.2. The smallest absolute Gasteiger partial charge is 0.119 e. The molecule has 0 radical (unpaired) electrons. The molecule has 118 valence electrons. The molecule has 0 aliphatic carbocycles. The molecule has 3 heteroatoms. The van der Waals surface area contributed by atoms with Crippen molar-refractivity contribution in [1.29, 1.82) is 0 Å². The summed E-state index contributed by atoms with van der Waals surface area (Å²) in [5.41, 5.74) is 2.74. The Hall–Kier alpha value is -1.06. The zero-order valence-electron chi connectivity index (χ0n) is 14.0. The molecule has 1 aliphatic rings. The minimum Gasteiger partial charge on any atom is -0.492 e. The summed E-state index contributed by atoms with van der Waals surface area (Å²) in [6.07, 6.45) is 1.21. The topological polar surface area (TPSA) is 24.5 Å². The zero-order valence-corrected chi connectivity index (χ0v) is 14.0.